The number of thioether (sulfide) groups is 1. The summed E-state index contributed by atoms with van der Waals surface area (Å²) in [4.78, 5) is 28.3. The Balaban J connectivity index is 1.49. The lowest BCUT2D eigenvalue weighted by molar-refractivity contribution is -0.122. The Bertz CT molecular complexity index is 558. The van der Waals surface area contributed by atoms with Crippen LogP contribution >= 0.6 is 11.8 Å². The van der Waals surface area contributed by atoms with Gasteiger partial charge in [-0.3, -0.25) is 9.59 Å². The van der Waals surface area contributed by atoms with Gasteiger partial charge in [-0.25, -0.2) is 4.98 Å². The predicted octanol–water partition coefficient (Wildman–Crippen LogP) is 2.58. The molecule has 0 spiro atoms. The quantitative estimate of drug-likeness (QED) is 0.895. The van der Waals surface area contributed by atoms with Crippen molar-refractivity contribution in [3.05, 3.63) is 18.3 Å². The lowest BCUT2D eigenvalue weighted by Crippen LogP contribution is -2.40. The number of rotatable bonds is 4. The molecular weight excluding hydrogens is 298 g/mol. The van der Waals surface area contributed by atoms with E-state index in [0.29, 0.717) is 18.9 Å². The van der Waals surface area contributed by atoms with Crippen molar-refractivity contribution in [1.82, 2.24) is 10.3 Å². The third kappa shape index (κ3) is 3.80. The zero-order valence-corrected chi connectivity index (χ0v) is 13.3. The second kappa shape index (κ2) is 7.13. The molecule has 118 valence electrons. The fourth-order valence-corrected chi connectivity index (χ4v) is 4.02. The predicted molar refractivity (Wildman–Crippen MR) is 86.7 cm³/mol. The second-order valence-electron chi connectivity index (χ2n) is 5.96. The minimum atomic E-state index is -0.308. The minimum Gasteiger partial charge on any atom is -0.354 e. The Kier molecular flexibility index (Phi) is 4.97. The number of fused-ring (bicyclic) bond motifs is 1. The van der Waals surface area contributed by atoms with Gasteiger partial charge in [-0.15, -0.1) is 0 Å². The Morgan fingerprint density at radius 3 is 3.00 bits per heavy atom. The molecule has 0 saturated heterocycles. The highest BCUT2D eigenvalue weighted by Crippen LogP contribution is 2.33. The smallest absolute Gasteiger partial charge is 0.239 e. The van der Waals surface area contributed by atoms with E-state index in [1.807, 2.05) is 6.07 Å². The Hall–Kier alpha value is -1.56. The van der Waals surface area contributed by atoms with Crippen LogP contribution in [0.2, 0.25) is 0 Å². The Morgan fingerprint density at radius 2 is 2.18 bits per heavy atom. The number of nitrogens with one attached hydrogen (secondary N) is 2. The molecular formula is C16H21N3O2S. The van der Waals surface area contributed by atoms with Crippen LogP contribution in [0.4, 0.5) is 5.69 Å². The van der Waals surface area contributed by atoms with E-state index in [-0.39, 0.29) is 17.1 Å². The SMILES string of the molecule is O=C(CC1CCCCC1)NCC1Sc2ncccc2NC1=O. The van der Waals surface area contributed by atoms with Crippen molar-refractivity contribution in [1.29, 1.82) is 0 Å². The standard InChI is InChI=1S/C16H21N3O2S/c20-14(9-11-5-2-1-3-6-11)18-10-13-15(21)19-12-7-4-8-17-16(12)22-13/h4,7-8,11,13H,1-3,5-6,9-10H2,(H,18,20)(H,19,21). The first kappa shape index (κ1) is 15.3. The second-order valence-corrected chi connectivity index (χ2v) is 7.16. The molecule has 6 heteroatoms. The van der Waals surface area contributed by atoms with Crippen molar-refractivity contribution in [3.8, 4) is 0 Å². The Morgan fingerprint density at radius 1 is 1.36 bits per heavy atom. The van der Waals surface area contributed by atoms with Crippen molar-refractivity contribution >= 4 is 29.3 Å². The lowest BCUT2D eigenvalue weighted by atomic mass is 9.87. The molecule has 2 N–H and O–H groups in total. The first-order valence-corrected chi connectivity index (χ1v) is 8.79. The maximum Gasteiger partial charge on any atom is 0.239 e. The van der Waals surface area contributed by atoms with Crippen molar-refractivity contribution in [2.24, 2.45) is 5.92 Å². The molecule has 2 heterocycles. The molecule has 1 unspecified atom stereocenters. The van der Waals surface area contributed by atoms with E-state index >= 15 is 0 Å². The Labute approximate surface area is 134 Å². The van der Waals surface area contributed by atoms with Crippen LogP contribution in [0, 0.1) is 5.92 Å². The highest BCUT2D eigenvalue weighted by Gasteiger charge is 2.28. The molecule has 5 nitrogen and oxygen atoms in total. The molecule has 3 rings (SSSR count). The van der Waals surface area contributed by atoms with Gasteiger partial charge in [0.25, 0.3) is 0 Å². The van der Waals surface area contributed by atoms with Gasteiger partial charge in [-0.1, -0.05) is 31.0 Å². The first-order chi connectivity index (χ1) is 10.7. The maximum absolute atomic E-state index is 12.0. The summed E-state index contributed by atoms with van der Waals surface area (Å²) in [6, 6.07) is 3.64. The number of amides is 2. The van der Waals surface area contributed by atoms with Gasteiger partial charge in [0.1, 0.15) is 10.3 Å². The fraction of sp³-hybridized carbons (Fsp3) is 0.562. The minimum absolute atomic E-state index is 0.0621. The van der Waals surface area contributed by atoms with Gasteiger partial charge >= 0.3 is 0 Å². The summed E-state index contributed by atoms with van der Waals surface area (Å²) >= 11 is 1.42. The van der Waals surface area contributed by atoms with E-state index in [0.717, 1.165) is 23.6 Å². The van der Waals surface area contributed by atoms with Crippen LogP contribution in [0.25, 0.3) is 0 Å². The average molecular weight is 319 g/mol. The summed E-state index contributed by atoms with van der Waals surface area (Å²) in [5.74, 6) is 0.513. The number of hydrogen-bond donors (Lipinski definition) is 2. The van der Waals surface area contributed by atoms with Gasteiger partial charge < -0.3 is 10.6 Å². The molecule has 22 heavy (non-hydrogen) atoms. The summed E-state index contributed by atoms with van der Waals surface area (Å²) in [5, 5.41) is 6.26. The number of hydrogen-bond acceptors (Lipinski definition) is 4. The number of carbonyl (C=O) groups excluding carboxylic acids is 2. The molecule has 1 aromatic heterocycles. The third-order valence-electron chi connectivity index (χ3n) is 4.26. The van der Waals surface area contributed by atoms with E-state index in [4.69, 9.17) is 0 Å². The van der Waals surface area contributed by atoms with Crippen LogP contribution in [0.5, 0.6) is 0 Å². The van der Waals surface area contributed by atoms with Crippen LogP contribution in [0.15, 0.2) is 23.4 Å². The summed E-state index contributed by atoms with van der Waals surface area (Å²) in [6.45, 7) is 0.359. The van der Waals surface area contributed by atoms with E-state index in [1.165, 1.54) is 31.0 Å². The van der Waals surface area contributed by atoms with Gasteiger partial charge in [0.05, 0.1) is 5.69 Å². The highest BCUT2D eigenvalue weighted by molar-refractivity contribution is 8.00. The molecule has 1 saturated carbocycles. The summed E-state index contributed by atoms with van der Waals surface area (Å²) < 4.78 is 0. The molecule has 1 atom stereocenters. The number of carbonyl (C=O) groups is 2. The number of nitrogens with zero attached hydrogens (tertiary/aromatic N) is 1. The van der Waals surface area contributed by atoms with E-state index < -0.39 is 0 Å². The molecule has 0 radical (unpaired) electrons. The van der Waals surface area contributed by atoms with Crippen molar-refractivity contribution < 1.29 is 9.59 Å². The van der Waals surface area contributed by atoms with Crippen LogP contribution in [0.3, 0.4) is 0 Å². The molecule has 1 aliphatic heterocycles. The summed E-state index contributed by atoms with van der Waals surface area (Å²) in [6.07, 6.45) is 8.38. The molecule has 2 aliphatic rings. The van der Waals surface area contributed by atoms with Gasteiger partial charge in [0, 0.05) is 19.2 Å². The van der Waals surface area contributed by atoms with Crippen LogP contribution in [0.1, 0.15) is 38.5 Å². The zero-order valence-electron chi connectivity index (χ0n) is 12.5. The summed E-state index contributed by atoms with van der Waals surface area (Å²) in [7, 11) is 0. The van der Waals surface area contributed by atoms with E-state index in [2.05, 4.69) is 15.6 Å². The highest BCUT2D eigenvalue weighted by atomic mass is 32.2. The average Bonchev–Trinajstić information content (AvgIpc) is 2.54. The topological polar surface area (TPSA) is 71.1 Å². The van der Waals surface area contributed by atoms with Crippen LogP contribution < -0.4 is 10.6 Å². The molecule has 1 aromatic rings. The molecule has 0 bridgehead atoms. The molecule has 1 aliphatic carbocycles. The molecule has 1 fully saturated rings. The normalized spacial score (nSPS) is 21.8. The molecule has 2 amide bonds. The van der Waals surface area contributed by atoms with Crippen molar-refractivity contribution in [2.45, 2.75) is 48.8 Å². The molecule has 0 aromatic carbocycles. The lowest BCUT2D eigenvalue weighted by Gasteiger charge is -2.24. The number of pyridine rings is 1. The van der Waals surface area contributed by atoms with Gasteiger partial charge in [-0.05, 0) is 30.9 Å². The number of anilines is 1. The largest absolute Gasteiger partial charge is 0.354 e. The van der Waals surface area contributed by atoms with Gasteiger partial charge in [0.2, 0.25) is 11.8 Å². The fourth-order valence-electron chi connectivity index (χ4n) is 3.05. The van der Waals surface area contributed by atoms with Gasteiger partial charge in [-0.2, -0.15) is 0 Å². The van der Waals surface area contributed by atoms with Crippen LogP contribution in [-0.2, 0) is 9.59 Å². The summed E-state index contributed by atoms with van der Waals surface area (Å²) in [5.41, 5.74) is 0.752. The van der Waals surface area contributed by atoms with E-state index in [9.17, 15) is 9.59 Å². The zero-order chi connectivity index (χ0) is 15.4. The van der Waals surface area contributed by atoms with Gasteiger partial charge in [0.15, 0.2) is 0 Å². The van der Waals surface area contributed by atoms with E-state index in [1.54, 1.807) is 12.3 Å². The van der Waals surface area contributed by atoms with Crippen LogP contribution in [-0.4, -0.2) is 28.6 Å². The van der Waals surface area contributed by atoms with Crippen molar-refractivity contribution in [2.75, 3.05) is 11.9 Å². The van der Waals surface area contributed by atoms with Crippen molar-refractivity contribution in [3.63, 3.8) is 0 Å². The monoisotopic (exact) mass is 319 g/mol. The third-order valence-corrected chi connectivity index (χ3v) is 5.47. The number of aromatic nitrogens is 1. The maximum atomic E-state index is 12.0. The first-order valence-electron chi connectivity index (χ1n) is 7.91.